The lowest BCUT2D eigenvalue weighted by Gasteiger charge is -1.95. The van der Waals surface area contributed by atoms with E-state index in [0.29, 0.717) is 5.56 Å². The predicted molar refractivity (Wildman–Crippen MR) is 52.1 cm³/mol. The van der Waals surface area contributed by atoms with Gasteiger partial charge >= 0.3 is 5.97 Å². The minimum Gasteiger partial charge on any atom is -0.478 e. The standard InChI is InChI=1S/C9H8O4S/c10-9(11)6-3-7-1-4-8(5-2-7)14(12)13/h1-6H,(H,10,11)(H,12,13)/b6-3+. The predicted octanol–water partition coefficient (Wildman–Crippen LogP) is 1.36. The van der Waals surface area contributed by atoms with Gasteiger partial charge < -0.3 is 9.66 Å². The summed E-state index contributed by atoms with van der Waals surface area (Å²) in [7, 11) is 0. The molecular weight excluding hydrogens is 204 g/mol. The van der Waals surface area contributed by atoms with Gasteiger partial charge in [0.1, 0.15) is 0 Å². The van der Waals surface area contributed by atoms with Crippen LogP contribution in [0.25, 0.3) is 6.08 Å². The molecule has 0 aliphatic rings. The molecule has 0 bridgehead atoms. The molecular formula is C9H8O4S. The first-order valence-electron chi connectivity index (χ1n) is 3.71. The topological polar surface area (TPSA) is 74.6 Å². The van der Waals surface area contributed by atoms with Gasteiger partial charge in [0.2, 0.25) is 0 Å². The lowest BCUT2D eigenvalue weighted by molar-refractivity contribution is -0.131. The Balaban J connectivity index is 2.83. The Kier molecular flexibility index (Phi) is 3.55. The molecule has 1 aromatic carbocycles. The molecule has 14 heavy (non-hydrogen) atoms. The summed E-state index contributed by atoms with van der Waals surface area (Å²) in [6, 6.07) is 6.08. The highest BCUT2D eigenvalue weighted by Gasteiger charge is 1.97. The van der Waals surface area contributed by atoms with Crippen molar-refractivity contribution in [1.29, 1.82) is 0 Å². The lowest BCUT2D eigenvalue weighted by atomic mass is 10.2. The molecule has 0 aliphatic carbocycles. The van der Waals surface area contributed by atoms with E-state index in [9.17, 15) is 9.00 Å². The number of aliphatic carboxylic acids is 1. The maximum Gasteiger partial charge on any atom is 0.328 e. The van der Waals surface area contributed by atoms with Crippen LogP contribution in [-0.2, 0) is 15.9 Å². The van der Waals surface area contributed by atoms with Crippen LogP contribution in [0.15, 0.2) is 35.2 Å². The molecule has 2 N–H and O–H groups in total. The third-order valence-electron chi connectivity index (χ3n) is 1.50. The van der Waals surface area contributed by atoms with Crippen LogP contribution < -0.4 is 0 Å². The van der Waals surface area contributed by atoms with E-state index in [1.165, 1.54) is 18.2 Å². The number of carboxylic acid groups (broad SMARTS) is 1. The molecule has 1 atom stereocenters. The molecule has 0 saturated carbocycles. The summed E-state index contributed by atoms with van der Waals surface area (Å²) in [5.74, 6) is -1.03. The fraction of sp³-hybridized carbons (Fsp3) is 0. The van der Waals surface area contributed by atoms with Crippen molar-refractivity contribution in [3.05, 3.63) is 35.9 Å². The van der Waals surface area contributed by atoms with Gasteiger partial charge in [-0.2, -0.15) is 0 Å². The van der Waals surface area contributed by atoms with Gasteiger partial charge in [-0.05, 0) is 23.8 Å². The SMILES string of the molecule is O=C(O)/C=C/c1ccc(S(=O)O)cc1. The second-order valence-corrected chi connectivity index (χ2v) is 3.46. The lowest BCUT2D eigenvalue weighted by Crippen LogP contribution is -1.88. The molecule has 0 radical (unpaired) electrons. The fourth-order valence-corrected chi connectivity index (χ4v) is 1.23. The highest BCUT2D eigenvalue weighted by Crippen LogP contribution is 2.08. The summed E-state index contributed by atoms with van der Waals surface area (Å²) in [6.07, 6.45) is 2.41. The van der Waals surface area contributed by atoms with Crippen molar-refractivity contribution in [2.75, 3.05) is 0 Å². The summed E-state index contributed by atoms with van der Waals surface area (Å²) < 4.78 is 19.3. The molecule has 1 rings (SSSR count). The van der Waals surface area contributed by atoms with Crippen LogP contribution in [0.3, 0.4) is 0 Å². The third kappa shape index (κ3) is 3.12. The van der Waals surface area contributed by atoms with E-state index in [1.54, 1.807) is 12.1 Å². The van der Waals surface area contributed by atoms with E-state index in [4.69, 9.17) is 9.66 Å². The molecule has 74 valence electrons. The quantitative estimate of drug-likeness (QED) is 0.586. The van der Waals surface area contributed by atoms with Crippen LogP contribution in [0.5, 0.6) is 0 Å². The first kappa shape index (κ1) is 10.6. The van der Waals surface area contributed by atoms with E-state index in [0.717, 1.165) is 6.08 Å². The zero-order chi connectivity index (χ0) is 10.6. The van der Waals surface area contributed by atoms with Gasteiger partial charge in [-0.15, -0.1) is 0 Å². The van der Waals surface area contributed by atoms with Crippen LogP contribution in [-0.4, -0.2) is 19.8 Å². The van der Waals surface area contributed by atoms with Crippen LogP contribution in [0, 0.1) is 0 Å². The Labute approximate surface area is 83.2 Å². The molecule has 0 spiro atoms. The van der Waals surface area contributed by atoms with Crippen LogP contribution in [0.2, 0.25) is 0 Å². The highest BCUT2D eigenvalue weighted by molar-refractivity contribution is 7.79. The Morgan fingerprint density at radius 2 is 1.86 bits per heavy atom. The van der Waals surface area contributed by atoms with Gasteiger partial charge in [-0.1, -0.05) is 12.1 Å². The Bertz CT molecular complexity index is 380. The van der Waals surface area contributed by atoms with Gasteiger partial charge in [-0.25, -0.2) is 9.00 Å². The molecule has 0 amide bonds. The van der Waals surface area contributed by atoms with Crippen LogP contribution in [0.4, 0.5) is 0 Å². The normalized spacial score (nSPS) is 12.9. The van der Waals surface area contributed by atoms with E-state index in [-0.39, 0.29) is 4.90 Å². The largest absolute Gasteiger partial charge is 0.478 e. The molecule has 0 heterocycles. The number of benzene rings is 1. The van der Waals surface area contributed by atoms with Crippen LogP contribution in [0.1, 0.15) is 5.56 Å². The molecule has 0 saturated heterocycles. The number of hydrogen-bond acceptors (Lipinski definition) is 2. The molecule has 0 aliphatic heterocycles. The van der Waals surface area contributed by atoms with E-state index >= 15 is 0 Å². The molecule has 4 nitrogen and oxygen atoms in total. The minimum absolute atomic E-state index is 0.289. The summed E-state index contributed by atoms with van der Waals surface area (Å²) in [5, 5.41) is 8.34. The van der Waals surface area contributed by atoms with Crippen molar-refractivity contribution in [2.45, 2.75) is 4.90 Å². The zero-order valence-corrected chi connectivity index (χ0v) is 7.90. The Hall–Kier alpha value is -1.46. The number of carbonyl (C=O) groups is 1. The van der Waals surface area contributed by atoms with Crippen molar-refractivity contribution < 1.29 is 18.7 Å². The molecule has 5 heteroatoms. The van der Waals surface area contributed by atoms with E-state index < -0.39 is 17.0 Å². The third-order valence-corrected chi connectivity index (χ3v) is 2.18. The smallest absolute Gasteiger partial charge is 0.328 e. The first-order valence-corrected chi connectivity index (χ1v) is 4.82. The van der Waals surface area contributed by atoms with Crippen molar-refractivity contribution in [1.82, 2.24) is 0 Å². The average Bonchev–Trinajstić information content (AvgIpc) is 2.15. The molecule has 0 fully saturated rings. The minimum atomic E-state index is -1.99. The van der Waals surface area contributed by atoms with Crippen molar-refractivity contribution in [3.63, 3.8) is 0 Å². The first-order chi connectivity index (χ1) is 6.59. The van der Waals surface area contributed by atoms with Crippen molar-refractivity contribution in [3.8, 4) is 0 Å². The Morgan fingerprint density at radius 1 is 1.29 bits per heavy atom. The monoisotopic (exact) mass is 212 g/mol. The maximum atomic E-state index is 10.6. The van der Waals surface area contributed by atoms with Gasteiger partial charge in [0.05, 0.1) is 4.90 Å². The zero-order valence-electron chi connectivity index (χ0n) is 7.08. The van der Waals surface area contributed by atoms with Crippen molar-refractivity contribution in [2.24, 2.45) is 0 Å². The Morgan fingerprint density at radius 3 is 2.29 bits per heavy atom. The average molecular weight is 212 g/mol. The second-order valence-electron chi connectivity index (χ2n) is 2.49. The molecule has 1 unspecified atom stereocenters. The van der Waals surface area contributed by atoms with Gasteiger partial charge in [0, 0.05) is 6.08 Å². The molecule has 1 aromatic rings. The highest BCUT2D eigenvalue weighted by atomic mass is 32.2. The number of carboxylic acids is 1. The number of rotatable bonds is 3. The summed E-state index contributed by atoms with van der Waals surface area (Å²) in [5.41, 5.74) is 0.668. The maximum absolute atomic E-state index is 10.6. The van der Waals surface area contributed by atoms with Gasteiger partial charge in [0.15, 0.2) is 11.1 Å². The van der Waals surface area contributed by atoms with E-state index in [2.05, 4.69) is 0 Å². The van der Waals surface area contributed by atoms with Crippen molar-refractivity contribution >= 4 is 23.1 Å². The van der Waals surface area contributed by atoms with Crippen LogP contribution >= 0.6 is 0 Å². The second kappa shape index (κ2) is 4.69. The van der Waals surface area contributed by atoms with E-state index in [1.807, 2.05) is 0 Å². The van der Waals surface area contributed by atoms with Gasteiger partial charge in [0.25, 0.3) is 0 Å². The molecule has 0 aromatic heterocycles. The summed E-state index contributed by atoms with van der Waals surface area (Å²) in [6.45, 7) is 0. The summed E-state index contributed by atoms with van der Waals surface area (Å²) >= 11 is -1.99. The van der Waals surface area contributed by atoms with Gasteiger partial charge in [-0.3, -0.25) is 0 Å². The summed E-state index contributed by atoms with van der Waals surface area (Å²) in [4.78, 5) is 10.5. The fourth-order valence-electron chi connectivity index (χ4n) is 0.863. The number of hydrogen-bond donors (Lipinski definition) is 2.